The summed E-state index contributed by atoms with van der Waals surface area (Å²) in [6, 6.07) is 27.3. The predicted octanol–water partition coefficient (Wildman–Crippen LogP) is 5.36. The number of aromatic nitrogens is 3. The lowest BCUT2D eigenvalue weighted by Gasteiger charge is -2.15. The van der Waals surface area contributed by atoms with Crippen LogP contribution in [0.5, 0.6) is 17.2 Å². The van der Waals surface area contributed by atoms with Crippen molar-refractivity contribution in [2.45, 2.75) is 5.16 Å². The van der Waals surface area contributed by atoms with Gasteiger partial charge in [0.1, 0.15) is 0 Å². The summed E-state index contributed by atoms with van der Waals surface area (Å²) in [5.41, 5.74) is 5.08. The molecule has 1 N–H and O–H groups in total. The van der Waals surface area contributed by atoms with Crippen molar-refractivity contribution >= 4 is 34.7 Å². The van der Waals surface area contributed by atoms with Crippen LogP contribution >= 0.6 is 11.8 Å². The zero-order valence-corrected chi connectivity index (χ0v) is 23.0. The monoisotopic (exact) mass is 553 g/mol. The number of thioether (sulfide) groups is 1. The highest BCUT2D eigenvalue weighted by Crippen LogP contribution is 2.41. The molecule has 0 unspecified atom stereocenters. The van der Waals surface area contributed by atoms with E-state index in [0.717, 1.165) is 22.0 Å². The van der Waals surface area contributed by atoms with Gasteiger partial charge in [-0.1, -0.05) is 72.4 Å². The summed E-state index contributed by atoms with van der Waals surface area (Å²) in [6.07, 6.45) is 1.65. The molecule has 10 heteroatoms. The van der Waals surface area contributed by atoms with Gasteiger partial charge in [0.25, 0.3) is 5.91 Å². The maximum atomic E-state index is 12.7. The van der Waals surface area contributed by atoms with Gasteiger partial charge in [-0.25, -0.2) is 5.43 Å². The molecule has 0 spiro atoms. The van der Waals surface area contributed by atoms with Crippen molar-refractivity contribution in [2.24, 2.45) is 5.10 Å². The van der Waals surface area contributed by atoms with Crippen LogP contribution in [0.4, 0.5) is 0 Å². The van der Waals surface area contributed by atoms with E-state index < -0.39 is 0 Å². The molecule has 202 valence electrons. The standard InChI is InChI=1S/C30H27N5O4S/c1-37-25-16-22(17-26(38-2)28(25)39-3)29-33-34-30(35(29)23-13-5-4-6-14-23)40-19-27(36)32-31-18-21-12-9-11-20-10-7-8-15-24(20)21/h4-18H,19H2,1-3H3,(H,32,36). The molecule has 1 amide bonds. The normalized spacial score (nSPS) is 11.1. The third-order valence-corrected chi connectivity index (χ3v) is 7.05. The highest BCUT2D eigenvalue weighted by molar-refractivity contribution is 7.99. The summed E-state index contributed by atoms with van der Waals surface area (Å²) >= 11 is 1.26. The maximum absolute atomic E-state index is 12.7. The first-order valence-corrected chi connectivity index (χ1v) is 13.3. The topological polar surface area (TPSA) is 99.9 Å². The molecule has 0 aliphatic rings. The largest absolute Gasteiger partial charge is 0.493 e. The van der Waals surface area contributed by atoms with Crippen molar-refractivity contribution in [3.8, 4) is 34.3 Å². The van der Waals surface area contributed by atoms with E-state index in [1.54, 1.807) is 27.5 Å². The molecule has 5 aromatic rings. The van der Waals surface area contributed by atoms with Gasteiger partial charge >= 0.3 is 0 Å². The molecule has 0 atom stereocenters. The second-order valence-electron chi connectivity index (χ2n) is 8.54. The first kappa shape index (κ1) is 26.8. The van der Waals surface area contributed by atoms with Crippen molar-refractivity contribution in [3.05, 3.63) is 90.5 Å². The minimum atomic E-state index is -0.265. The molecule has 4 aromatic carbocycles. The third-order valence-electron chi connectivity index (χ3n) is 6.12. The van der Waals surface area contributed by atoms with Crippen LogP contribution < -0.4 is 19.6 Å². The number of ether oxygens (including phenoxy) is 3. The maximum Gasteiger partial charge on any atom is 0.250 e. The van der Waals surface area contributed by atoms with Crippen LogP contribution in [0.15, 0.2) is 95.2 Å². The van der Waals surface area contributed by atoms with Gasteiger partial charge in [-0.2, -0.15) is 5.10 Å². The fourth-order valence-corrected chi connectivity index (χ4v) is 5.01. The Hall–Kier alpha value is -4.83. The van der Waals surface area contributed by atoms with E-state index in [-0.39, 0.29) is 11.7 Å². The van der Waals surface area contributed by atoms with Crippen LogP contribution in [0.1, 0.15) is 5.56 Å². The van der Waals surface area contributed by atoms with E-state index in [0.29, 0.717) is 33.8 Å². The summed E-state index contributed by atoms with van der Waals surface area (Å²) in [5, 5.41) is 15.7. The van der Waals surface area contributed by atoms with Gasteiger partial charge in [0, 0.05) is 16.8 Å². The predicted molar refractivity (Wildman–Crippen MR) is 157 cm³/mol. The summed E-state index contributed by atoms with van der Waals surface area (Å²) in [6.45, 7) is 0. The lowest BCUT2D eigenvalue weighted by atomic mass is 10.1. The summed E-state index contributed by atoms with van der Waals surface area (Å²) in [7, 11) is 4.68. The summed E-state index contributed by atoms with van der Waals surface area (Å²) < 4.78 is 18.4. The molecule has 1 aromatic heterocycles. The molecule has 1 heterocycles. The minimum absolute atomic E-state index is 0.0904. The number of amides is 1. The molecular formula is C30H27N5O4S. The van der Waals surface area contributed by atoms with Crippen LogP contribution in [0, 0.1) is 0 Å². The van der Waals surface area contributed by atoms with Gasteiger partial charge < -0.3 is 14.2 Å². The Balaban J connectivity index is 1.38. The van der Waals surface area contributed by atoms with Gasteiger partial charge in [-0.15, -0.1) is 10.2 Å². The molecule has 0 aliphatic heterocycles. The second-order valence-corrected chi connectivity index (χ2v) is 9.48. The number of carbonyl (C=O) groups excluding carboxylic acids is 1. The molecule has 5 rings (SSSR count). The van der Waals surface area contributed by atoms with Crippen molar-refractivity contribution in [2.75, 3.05) is 27.1 Å². The van der Waals surface area contributed by atoms with E-state index in [2.05, 4.69) is 20.7 Å². The van der Waals surface area contributed by atoms with E-state index in [9.17, 15) is 4.79 Å². The average Bonchev–Trinajstić information content (AvgIpc) is 3.43. The molecule has 0 saturated heterocycles. The number of methoxy groups -OCH3 is 3. The van der Waals surface area contributed by atoms with Gasteiger partial charge in [0.15, 0.2) is 22.5 Å². The average molecular weight is 554 g/mol. The van der Waals surface area contributed by atoms with Gasteiger partial charge in [0.2, 0.25) is 5.75 Å². The Morgan fingerprint density at radius 3 is 2.33 bits per heavy atom. The number of nitrogens with one attached hydrogen (secondary N) is 1. The Morgan fingerprint density at radius 1 is 0.900 bits per heavy atom. The number of carbonyl (C=O) groups is 1. The number of para-hydroxylation sites is 1. The second kappa shape index (κ2) is 12.4. The van der Waals surface area contributed by atoms with E-state index in [4.69, 9.17) is 14.2 Å². The Kier molecular flexibility index (Phi) is 8.26. The Labute approximate surface area is 235 Å². The highest BCUT2D eigenvalue weighted by Gasteiger charge is 2.21. The minimum Gasteiger partial charge on any atom is -0.493 e. The smallest absolute Gasteiger partial charge is 0.250 e. The molecule has 9 nitrogen and oxygen atoms in total. The summed E-state index contributed by atoms with van der Waals surface area (Å²) in [4.78, 5) is 12.7. The fourth-order valence-electron chi connectivity index (χ4n) is 4.27. The molecule has 0 radical (unpaired) electrons. The SMILES string of the molecule is COc1cc(-c2nnc(SCC(=O)NN=Cc3cccc4ccccc34)n2-c2ccccc2)cc(OC)c1OC. The molecular weight excluding hydrogens is 526 g/mol. The Morgan fingerprint density at radius 2 is 1.60 bits per heavy atom. The van der Waals surface area contributed by atoms with Crippen LogP contribution in [0.3, 0.4) is 0 Å². The molecule has 0 aliphatic carbocycles. The number of rotatable bonds is 10. The van der Waals surface area contributed by atoms with Crippen molar-refractivity contribution < 1.29 is 19.0 Å². The van der Waals surface area contributed by atoms with Crippen LogP contribution in [-0.4, -0.2) is 54.0 Å². The van der Waals surface area contributed by atoms with Crippen LogP contribution in [-0.2, 0) is 4.79 Å². The lowest BCUT2D eigenvalue weighted by molar-refractivity contribution is -0.118. The lowest BCUT2D eigenvalue weighted by Crippen LogP contribution is -2.20. The fraction of sp³-hybridized carbons (Fsp3) is 0.133. The zero-order valence-electron chi connectivity index (χ0n) is 22.2. The van der Waals surface area contributed by atoms with Crippen LogP contribution in [0.25, 0.3) is 27.8 Å². The molecule has 0 saturated carbocycles. The van der Waals surface area contributed by atoms with Gasteiger partial charge in [-0.05, 0) is 35.0 Å². The van der Waals surface area contributed by atoms with Gasteiger partial charge in [-0.3, -0.25) is 9.36 Å². The first-order chi connectivity index (χ1) is 19.6. The van der Waals surface area contributed by atoms with E-state index in [1.165, 1.54) is 11.8 Å². The zero-order chi connectivity index (χ0) is 27.9. The molecule has 0 bridgehead atoms. The number of fused-ring (bicyclic) bond motifs is 1. The molecule has 40 heavy (non-hydrogen) atoms. The quantitative estimate of drug-likeness (QED) is 0.141. The number of hydrazone groups is 1. The van der Waals surface area contributed by atoms with Crippen LogP contribution in [0.2, 0.25) is 0 Å². The molecule has 0 fully saturated rings. The Bertz CT molecular complexity index is 1640. The third kappa shape index (κ3) is 5.62. The summed E-state index contributed by atoms with van der Waals surface area (Å²) in [5.74, 6) is 1.86. The highest BCUT2D eigenvalue weighted by atomic mass is 32.2. The van der Waals surface area contributed by atoms with E-state index >= 15 is 0 Å². The van der Waals surface area contributed by atoms with Crippen molar-refractivity contribution in [1.82, 2.24) is 20.2 Å². The van der Waals surface area contributed by atoms with Gasteiger partial charge in [0.05, 0.1) is 33.3 Å². The van der Waals surface area contributed by atoms with E-state index in [1.807, 2.05) is 89.5 Å². The first-order valence-electron chi connectivity index (χ1n) is 12.4. The number of nitrogens with zero attached hydrogens (tertiary/aromatic N) is 4. The number of hydrogen-bond donors (Lipinski definition) is 1. The van der Waals surface area contributed by atoms with Crippen molar-refractivity contribution in [1.29, 1.82) is 0 Å². The number of benzene rings is 4. The van der Waals surface area contributed by atoms with Crippen molar-refractivity contribution in [3.63, 3.8) is 0 Å². The number of hydrogen-bond acceptors (Lipinski definition) is 8.